The van der Waals surface area contributed by atoms with E-state index in [1.165, 1.54) is 48.5 Å². The molecule has 4 nitrogen and oxygen atoms in total. The van der Waals surface area contributed by atoms with Gasteiger partial charge in [-0.05, 0) is 34.9 Å². The number of benzene rings is 7. The highest BCUT2D eigenvalue weighted by atomic mass is 28.3. The van der Waals surface area contributed by atoms with Crippen LogP contribution in [0.15, 0.2) is 188 Å². The summed E-state index contributed by atoms with van der Waals surface area (Å²) in [4.78, 5) is 0. The van der Waals surface area contributed by atoms with Crippen molar-refractivity contribution in [2.45, 2.75) is 12.8 Å². The smallest absolute Gasteiger partial charge is 0.132 e. The monoisotopic (exact) mass is 662 g/mol. The summed E-state index contributed by atoms with van der Waals surface area (Å²) in [7, 11) is -1.59. The van der Waals surface area contributed by atoms with Crippen LogP contribution in [0.2, 0.25) is 0 Å². The minimum Gasteiger partial charge on any atom is -0.351 e. The first-order chi connectivity index (χ1) is 24.7. The van der Waals surface area contributed by atoms with Crippen molar-refractivity contribution in [3.05, 3.63) is 199 Å². The lowest BCUT2D eigenvalue weighted by Crippen LogP contribution is -2.51. The van der Waals surface area contributed by atoms with Gasteiger partial charge >= 0.3 is 0 Å². The Hall–Kier alpha value is -6.01. The molecule has 8 aromatic rings. The van der Waals surface area contributed by atoms with Gasteiger partial charge in [-0.15, -0.1) is 0 Å². The molecule has 1 heterocycles. The minimum atomic E-state index is -1.59. The second-order valence-electron chi connectivity index (χ2n) is 12.6. The normalized spacial score (nSPS) is 11.9. The predicted molar refractivity (Wildman–Crippen MR) is 213 cm³/mol. The number of hydrogen-bond acceptors (Lipinski definition) is 2. The molecule has 242 valence electrons. The van der Waals surface area contributed by atoms with Gasteiger partial charge in [0.25, 0.3) is 0 Å². The largest absolute Gasteiger partial charge is 0.351 e. The fourth-order valence-corrected chi connectivity index (χ4v) is 10.00. The summed E-state index contributed by atoms with van der Waals surface area (Å²) in [6.07, 6.45) is -0.253. The van der Waals surface area contributed by atoms with Crippen LogP contribution in [0, 0.1) is 5.41 Å². The summed E-state index contributed by atoms with van der Waals surface area (Å²) in [5.41, 5.74) is 6.69. The third-order valence-electron chi connectivity index (χ3n) is 9.55. The Morgan fingerprint density at radius 1 is 0.520 bits per heavy atom. The number of fused-ring (bicyclic) bond motifs is 3. The van der Waals surface area contributed by atoms with Crippen molar-refractivity contribution in [2.24, 2.45) is 0 Å². The molecule has 0 amide bonds. The molecule has 5 heteroatoms. The number of rotatable bonds is 10. The lowest BCUT2D eigenvalue weighted by atomic mass is 10.0. The average Bonchev–Trinajstić information content (AvgIpc) is 3.51. The van der Waals surface area contributed by atoms with E-state index in [0.29, 0.717) is 12.5 Å². The number of para-hydroxylation sites is 1. The minimum absolute atomic E-state index is 0.253. The van der Waals surface area contributed by atoms with Gasteiger partial charge in [0.15, 0.2) is 0 Å². The average molecular weight is 663 g/mol. The van der Waals surface area contributed by atoms with E-state index in [2.05, 4.69) is 155 Å². The lowest BCUT2D eigenvalue weighted by molar-refractivity contribution is 0.454. The van der Waals surface area contributed by atoms with E-state index in [-0.39, 0.29) is 6.17 Å². The van der Waals surface area contributed by atoms with Crippen LogP contribution in [0.5, 0.6) is 0 Å². The number of nitrogens with one attached hydrogen (secondary N) is 3. The summed E-state index contributed by atoms with van der Waals surface area (Å²) in [6, 6.07) is 66.8. The van der Waals surface area contributed by atoms with Gasteiger partial charge in [0, 0.05) is 16.3 Å². The molecule has 7 aromatic carbocycles. The van der Waals surface area contributed by atoms with Crippen LogP contribution in [-0.2, 0) is 6.67 Å². The van der Waals surface area contributed by atoms with Gasteiger partial charge < -0.3 is 9.88 Å². The second kappa shape index (κ2) is 14.2. The zero-order valence-corrected chi connectivity index (χ0v) is 28.9. The van der Waals surface area contributed by atoms with E-state index < -0.39 is 8.80 Å². The SMILES string of the molecule is N=C(NC(NCn1c2ccccc2c2cc(-c3ccc([SiH](c4ccccc4)c4ccccc4)cc3)ccc21)c1ccccc1)c1ccccc1. The van der Waals surface area contributed by atoms with Crippen LogP contribution >= 0.6 is 0 Å². The highest BCUT2D eigenvalue weighted by Crippen LogP contribution is 2.32. The van der Waals surface area contributed by atoms with Gasteiger partial charge in [-0.1, -0.05) is 185 Å². The molecule has 0 aliphatic carbocycles. The van der Waals surface area contributed by atoms with Gasteiger partial charge in [-0.2, -0.15) is 0 Å². The topological polar surface area (TPSA) is 52.8 Å². The van der Waals surface area contributed by atoms with Gasteiger partial charge in [0.1, 0.15) is 20.8 Å². The molecular weight excluding hydrogens is 625 g/mol. The molecule has 8 rings (SSSR count). The molecule has 0 aliphatic heterocycles. The molecule has 0 aliphatic rings. The first-order valence-corrected chi connectivity index (χ1v) is 18.9. The fourth-order valence-electron chi connectivity index (χ4n) is 7.05. The molecule has 1 aromatic heterocycles. The van der Waals surface area contributed by atoms with Crippen molar-refractivity contribution in [2.75, 3.05) is 0 Å². The molecule has 0 saturated carbocycles. The maximum Gasteiger partial charge on any atom is 0.132 e. The van der Waals surface area contributed by atoms with E-state index in [0.717, 1.165) is 11.1 Å². The van der Waals surface area contributed by atoms with Crippen LogP contribution in [0.4, 0.5) is 0 Å². The molecule has 0 fully saturated rings. The van der Waals surface area contributed by atoms with Crippen LogP contribution in [0.25, 0.3) is 32.9 Å². The predicted octanol–water partition coefficient (Wildman–Crippen LogP) is 7.57. The summed E-state index contributed by atoms with van der Waals surface area (Å²) in [5.74, 6) is 0.381. The lowest BCUT2D eigenvalue weighted by Gasteiger charge is -2.23. The number of hydrogen-bond donors (Lipinski definition) is 3. The number of amidine groups is 1. The first-order valence-electron chi connectivity index (χ1n) is 17.1. The molecule has 1 atom stereocenters. The molecule has 50 heavy (non-hydrogen) atoms. The van der Waals surface area contributed by atoms with Crippen molar-refractivity contribution in [1.82, 2.24) is 15.2 Å². The molecule has 0 radical (unpaired) electrons. The molecular formula is C45H38N4Si. The van der Waals surface area contributed by atoms with Crippen molar-refractivity contribution >= 4 is 52.0 Å². The summed E-state index contributed by atoms with van der Waals surface area (Å²) in [5, 5.41) is 22.7. The Bertz CT molecular complexity index is 2320. The van der Waals surface area contributed by atoms with Gasteiger partial charge in [0.05, 0.1) is 17.7 Å². The Morgan fingerprint density at radius 2 is 1.04 bits per heavy atom. The van der Waals surface area contributed by atoms with E-state index in [4.69, 9.17) is 5.41 Å². The number of nitrogens with zero attached hydrogens (tertiary/aromatic N) is 1. The molecule has 3 N–H and O–H groups in total. The van der Waals surface area contributed by atoms with E-state index in [1.54, 1.807) is 0 Å². The van der Waals surface area contributed by atoms with Gasteiger partial charge in [-0.3, -0.25) is 10.7 Å². The van der Waals surface area contributed by atoms with Crippen molar-refractivity contribution in [3.8, 4) is 11.1 Å². The summed E-state index contributed by atoms with van der Waals surface area (Å²) >= 11 is 0. The first kappa shape index (κ1) is 31.3. The van der Waals surface area contributed by atoms with E-state index in [1.807, 2.05) is 48.5 Å². The summed E-state index contributed by atoms with van der Waals surface area (Å²) < 4.78 is 2.34. The quantitative estimate of drug-likeness (QED) is 0.0465. The standard InChI is InChI=1S/C45H38N4Si/c46-44(34-15-5-1-6-16-34)48-45(35-17-7-2-8-18-35)47-32-49-42-24-14-13-23-40(42)41-31-36(27-30-43(41)49)33-25-28-39(29-26-33)50(37-19-9-3-10-20-37)38-21-11-4-12-22-38/h1-31,45,47,50H,32H2,(H2,46,48). The van der Waals surface area contributed by atoms with Crippen LogP contribution in [-0.4, -0.2) is 19.2 Å². The fraction of sp³-hybridized carbons (Fsp3) is 0.0444. The van der Waals surface area contributed by atoms with Crippen molar-refractivity contribution in [1.29, 1.82) is 5.41 Å². The van der Waals surface area contributed by atoms with Crippen molar-refractivity contribution in [3.63, 3.8) is 0 Å². The maximum absolute atomic E-state index is 8.80. The van der Waals surface area contributed by atoms with Crippen LogP contribution < -0.4 is 26.2 Å². The van der Waals surface area contributed by atoms with E-state index in [9.17, 15) is 0 Å². The Balaban J connectivity index is 1.11. The zero-order valence-electron chi connectivity index (χ0n) is 27.7. The summed E-state index contributed by atoms with van der Waals surface area (Å²) in [6.45, 7) is 0.567. The Morgan fingerprint density at radius 3 is 1.70 bits per heavy atom. The third-order valence-corrected chi connectivity index (χ3v) is 12.7. The maximum atomic E-state index is 8.80. The highest BCUT2D eigenvalue weighted by Gasteiger charge is 2.19. The van der Waals surface area contributed by atoms with Crippen molar-refractivity contribution < 1.29 is 0 Å². The van der Waals surface area contributed by atoms with Crippen LogP contribution in [0.3, 0.4) is 0 Å². The third kappa shape index (κ3) is 6.40. The zero-order chi connectivity index (χ0) is 33.7. The molecule has 1 unspecified atom stereocenters. The van der Waals surface area contributed by atoms with Gasteiger partial charge in [0.2, 0.25) is 0 Å². The second-order valence-corrected chi connectivity index (χ2v) is 15.5. The Labute approximate surface area is 294 Å². The molecule has 0 saturated heterocycles. The number of aromatic nitrogens is 1. The molecule has 0 bridgehead atoms. The molecule has 0 spiro atoms. The Kier molecular flexibility index (Phi) is 8.90. The van der Waals surface area contributed by atoms with Gasteiger partial charge in [-0.25, -0.2) is 0 Å². The van der Waals surface area contributed by atoms with Crippen LogP contribution in [0.1, 0.15) is 17.3 Å². The highest BCUT2D eigenvalue weighted by molar-refractivity contribution is 6.95. The van der Waals surface area contributed by atoms with E-state index >= 15 is 0 Å².